The lowest BCUT2D eigenvalue weighted by Crippen LogP contribution is -2.19. The third-order valence-electron chi connectivity index (χ3n) is 3.70. The van der Waals surface area contributed by atoms with Crippen LogP contribution in [0.5, 0.6) is 0 Å². The van der Waals surface area contributed by atoms with E-state index in [1.165, 1.54) is 6.07 Å². The van der Waals surface area contributed by atoms with E-state index >= 15 is 0 Å². The van der Waals surface area contributed by atoms with E-state index in [0.29, 0.717) is 5.56 Å². The predicted molar refractivity (Wildman–Crippen MR) is 89.0 cm³/mol. The summed E-state index contributed by atoms with van der Waals surface area (Å²) < 4.78 is 15.1. The molecule has 1 unspecified atom stereocenters. The van der Waals surface area contributed by atoms with Crippen molar-refractivity contribution < 1.29 is 4.39 Å². The van der Waals surface area contributed by atoms with Gasteiger partial charge in [-0.3, -0.25) is 0 Å². The standard InChI is InChI=1S/C18H15BrFN/c1-21-18(16-10-9-13(19)11-17(16)20)15-8-4-6-12-5-2-3-7-14(12)15/h2-11,18,21H,1H3. The van der Waals surface area contributed by atoms with Gasteiger partial charge in [0.15, 0.2) is 0 Å². The van der Waals surface area contributed by atoms with E-state index in [4.69, 9.17) is 0 Å². The minimum Gasteiger partial charge on any atom is -0.309 e. The molecule has 0 bridgehead atoms. The minimum atomic E-state index is -0.211. The summed E-state index contributed by atoms with van der Waals surface area (Å²) in [5.74, 6) is -0.211. The first-order valence-corrected chi connectivity index (χ1v) is 7.60. The van der Waals surface area contributed by atoms with Gasteiger partial charge in [0.2, 0.25) is 0 Å². The molecule has 1 atom stereocenters. The van der Waals surface area contributed by atoms with Crippen LogP contribution in [0.4, 0.5) is 4.39 Å². The Morgan fingerprint density at radius 2 is 1.71 bits per heavy atom. The van der Waals surface area contributed by atoms with E-state index < -0.39 is 0 Å². The summed E-state index contributed by atoms with van der Waals surface area (Å²) in [6.07, 6.45) is 0. The van der Waals surface area contributed by atoms with Gasteiger partial charge in [-0.15, -0.1) is 0 Å². The summed E-state index contributed by atoms with van der Waals surface area (Å²) in [5.41, 5.74) is 1.73. The van der Waals surface area contributed by atoms with Crippen LogP contribution in [0, 0.1) is 5.82 Å². The predicted octanol–water partition coefficient (Wildman–Crippen LogP) is 5.05. The Labute approximate surface area is 131 Å². The molecule has 0 saturated carbocycles. The van der Waals surface area contributed by atoms with Crippen LogP contribution in [0.2, 0.25) is 0 Å². The molecule has 106 valence electrons. The smallest absolute Gasteiger partial charge is 0.129 e. The van der Waals surface area contributed by atoms with Gasteiger partial charge in [-0.25, -0.2) is 4.39 Å². The van der Waals surface area contributed by atoms with Crippen LogP contribution in [0.1, 0.15) is 17.2 Å². The number of hydrogen-bond acceptors (Lipinski definition) is 1. The Morgan fingerprint density at radius 3 is 2.48 bits per heavy atom. The summed E-state index contributed by atoms with van der Waals surface area (Å²) in [7, 11) is 1.86. The van der Waals surface area contributed by atoms with Crippen molar-refractivity contribution in [1.29, 1.82) is 0 Å². The van der Waals surface area contributed by atoms with E-state index in [1.54, 1.807) is 0 Å². The minimum absolute atomic E-state index is 0.177. The van der Waals surface area contributed by atoms with Gasteiger partial charge < -0.3 is 5.32 Å². The largest absolute Gasteiger partial charge is 0.309 e. The van der Waals surface area contributed by atoms with Gasteiger partial charge in [-0.1, -0.05) is 64.5 Å². The van der Waals surface area contributed by atoms with E-state index in [-0.39, 0.29) is 11.9 Å². The van der Waals surface area contributed by atoms with Crippen molar-refractivity contribution in [2.24, 2.45) is 0 Å². The van der Waals surface area contributed by atoms with Gasteiger partial charge >= 0.3 is 0 Å². The fourth-order valence-electron chi connectivity index (χ4n) is 2.72. The molecule has 0 aromatic heterocycles. The fraction of sp³-hybridized carbons (Fsp3) is 0.111. The van der Waals surface area contributed by atoms with Crippen molar-refractivity contribution in [3.63, 3.8) is 0 Å². The monoisotopic (exact) mass is 343 g/mol. The number of rotatable bonds is 3. The molecule has 0 radical (unpaired) electrons. The Hall–Kier alpha value is -1.71. The van der Waals surface area contributed by atoms with Crippen LogP contribution in [0.3, 0.4) is 0 Å². The maximum absolute atomic E-state index is 14.3. The maximum Gasteiger partial charge on any atom is 0.129 e. The van der Waals surface area contributed by atoms with E-state index in [0.717, 1.165) is 20.8 Å². The SMILES string of the molecule is CNC(c1ccc(Br)cc1F)c1cccc2ccccc12. The topological polar surface area (TPSA) is 12.0 Å². The highest BCUT2D eigenvalue weighted by Crippen LogP contribution is 2.31. The number of fused-ring (bicyclic) bond motifs is 1. The molecule has 3 aromatic rings. The Balaban J connectivity index is 2.18. The van der Waals surface area contributed by atoms with Gasteiger partial charge in [0.1, 0.15) is 5.82 Å². The molecule has 0 amide bonds. The molecule has 1 nitrogen and oxygen atoms in total. The second-order valence-corrected chi connectivity index (χ2v) is 5.87. The Bertz CT molecular complexity index is 780. The maximum atomic E-state index is 14.3. The van der Waals surface area contributed by atoms with Crippen molar-refractivity contribution >= 4 is 26.7 Å². The molecule has 3 heteroatoms. The highest BCUT2D eigenvalue weighted by molar-refractivity contribution is 9.10. The van der Waals surface area contributed by atoms with E-state index in [1.807, 2.05) is 43.4 Å². The average Bonchev–Trinajstić information content (AvgIpc) is 2.50. The van der Waals surface area contributed by atoms with Crippen molar-refractivity contribution in [3.8, 4) is 0 Å². The normalized spacial score (nSPS) is 12.5. The molecule has 0 heterocycles. The highest BCUT2D eigenvalue weighted by atomic mass is 79.9. The zero-order chi connectivity index (χ0) is 14.8. The first-order valence-electron chi connectivity index (χ1n) is 6.80. The summed E-state index contributed by atoms with van der Waals surface area (Å²) in [6.45, 7) is 0. The van der Waals surface area contributed by atoms with Gasteiger partial charge in [0.05, 0.1) is 6.04 Å². The molecule has 0 aliphatic carbocycles. The molecule has 0 aliphatic heterocycles. The molecule has 3 aromatic carbocycles. The molecule has 1 N–H and O–H groups in total. The average molecular weight is 344 g/mol. The number of halogens is 2. The third kappa shape index (κ3) is 2.71. The van der Waals surface area contributed by atoms with Crippen molar-refractivity contribution in [2.45, 2.75) is 6.04 Å². The zero-order valence-corrected chi connectivity index (χ0v) is 13.2. The number of benzene rings is 3. The second kappa shape index (κ2) is 5.96. The van der Waals surface area contributed by atoms with Crippen molar-refractivity contribution in [3.05, 3.63) is 82.1 Å². The van der Waals surface area contributed by atoms with Crippen LogP contribution in [0.15, 0.2) is 65.1 Å². The van der Waals surface area contributed by atoms with Gasteiger partial charge in [-0.2, -0.15) is 0 Å². The van der Waals surface area contributed by atoms with Crippen LogP contribution in [0.25, 0.3) is 10.8 Å². The third-order valence-corrected chi connectivity index (χ3v) is 4.19. The molecular formula is C18H15BrFN. The van der Waals surface area contributed by atoms with Gasteiger partial charge in [-0.05, 0) is 35.5 Å². The van der Waals surface area contributed by atoms with Gasteiger partial charge in [0.25, 0.3) is 0 Å². The lowest BCUT2D eigenvalue weighted by molar-refractivity contribution is 0.577. The number of nitrogens with one attached hydrogen (secondary N) is 1. The van der Waals surface area contributed by atoms with E-state index in [2.05, 4.69) is 39.4 Å². The lowest BCUT2D eigenvalue weighted by atomic mass is 9.93. The summed E-state index contributed by atoms with van der Waals surface area (Å²) in [5, 5.41) is 5.53. The Kier molecular flexibility index (Phi) is 4.04. The molecule has 21 heavy (non-hydrogen) atoms. The van der Waals surface area contributed by atoms with Gasteiger partial charge in [0, 0.05) is 10.0 Å². The van der Waals surface area contributed by atoms with Crippen LogP contribution < -0.4 is 5.32 Å². The summed E-state index contributed by atoms with van der Waals surface area (Å²) >= 11 is 3.30. The second-order valence-electron chi connectivity index (χ2n) is 4.96. The van der Waals surface area contributed by atoms with Crippen LogP contribution in [-0.2, 0) is 0 Å². The van der Waals surface area contributed by atoms with Crippen molar-refractivity contribution in [1.82, 2.24) is 5.32 Å². The van der Waals surface area contributed by atoms with Crippen LogP contribution in [-0.4, -0.2) is 7.05 Å². The van der Waals surface area contributed by atoms with Crippen LogP contribution >= 0.6 is 15.9 Å². The Morgan fingerprint density at radius 1 is 0.952 bits per heavy atom. The molecule has 0 aliphatic rings. The fourth-order valence-corrected chi connectivity index (χ4v) is 3.05. The molecular weight excluding hydrogens is 329 g/mol. The van der Waals surface area contributed by atoms with E-state index in [9.17, 15) is 4.39 Å². The molecule has 0 fully saturated rings. The number of hydrogen-bond donors (Lipinski definition) is 1. The lowest BCUT2D eigenvalue weighted by Gasteiger charge is -2.20. The first-order chi connectivity index (χ1) is 10.2. The summed E-state index contributed by atoms with van der Waals surface area (Å²) in [4.78, 5) is 0. The quantitative estimate of drug-likeness (QED) is 0.701. The van der Waals surface area contributed by atoms with Crippen molar-refractivity contribution in [2.75, 3.05) is 7.05 Å². The highest BCUT2D eigenvalue weighted by Gasteiger charge is 2.18. The molecule has 0 spiro atoms. The molecule has 0 saturated heterocycles. The summed E-state index contributed by atoms with van der Waals surface area (Å²) in [6, 6.07) is 19.3. The zero-order valence-electron chi connectivity index (χ0n) is 11.6. The first kappa shape index (κ1) is 14.2. The molecule has 3 rings (SSSR count).